The zero-order valence-electron chi connectivity index (χ0n) is 19.8. The number of hydrogen-bond acceptors (Lipinski definition) is 5. The van der Waals surface area contributed by atoms with E-state index in [9.17, 15) is 9.59 Å². The van der Waals surface area contributed by atoms with Crippen LogP contribution in [0.15, 0.2) is 53.2 Å². The van der Waals surface area contributed by atoms with Crippen molar-refractivity contribution in [3.05, 3.63) is 79.7 Å². The highest BCUT2D eigenvalue weighted by molar-refractivity contribution is 7.12. The summed E-state index contributed by atoms with van der Waals surface area (Å²) in [6, 6.07) is 14.4. The van der Waals surface area contributed by atoms with Gasteiger partial charge in [-0.1, -0.05) is 30.3 Å². The number of nitrogens with zero attached hydrogens (tertiary/aromatic N) is 3. The minimum absolute atomic E-state index is 0.0815. The SMILES string of the molecule is Cc1ccccc1[C@@H]1c2ccsc2CCN1[C@H](C)C(=O)N1CCCN(C(=O)c2cccs2)CC1. The summed E-state index contributed by atoms with van der Waals surface area (Å²) in [7, 11) is 0. The number of hydrogen-bond donors (Lipinski definition) is 0. The van der Waals surface area contributed by atoms with Gasteiger partial charge in [-0.3, -0.25) is 14.5 Å². The molecular formula is C27H31N3O2S2. The van der Waals surface area contributed by atoms with Crippen molar-refractivity contribution in [1.82, 2.24) is 14.7 Å². The topological polar surface area (TPSA) is 43.9 Å². The van der Waals surface area contributed by atoms with Crippen LogP contribution < -0.4 is 0 Å². The van der Waals surface area contributed by atoms with Gasteiger partial charge in [-0.25, -0.2) is 0 Å². The van der Waals surface area contributed by atoms with Gasteiger partial charge in [0.25, 0.3) is 5.91 Å². The fraction of sp³-hybridized carbons (Fsp3) is 0.407. The molecule has 7 heteroatoms. The van der Waals surface area contributed by atoms with Crippen LogP contribution in [0.3, 0.4) is 0 Å². The third-order valence-corrected chi connectivity index (χ3v) is 9.02. The second kappa shape index (κ2) is 10.0. The normalized spacial score (nSPS) is 20.0. The molecule has 0 aliphatic carbocycles. The number of rotatable bonds is 4. The zero-order chi connectivity index (χ0) is 23.7. The first-order valence-corrected chi connectivity index (χ1v) is 13.8. The van der Waals surface area contributed by atoms with Crippen molar-refractivity contribution in [2.24, 2.45) is 0 Å². The highest BCUT2D eigenvalue weighted by Crippen LogP contribution is 2.40. The molecule has 178 valence electrons. The molecule has 2 aromatic heterocycles. The molecule has 0 bridgehead atoms. The molecule has 1 fully saturated rings. The molecule has 4 heterocycles. The fourth-order valence-electron chi connectivity index (χ4n) is 5.30. The second-order valence-corrected chi connectivity index (χ2v) is 11.1. The van der Waals surface area contributed by atoms with E-state index in [0.29, 0.717) is 26.2 Å². The third-order valence-electron chi connectivity index (χ3n) is 7.17. The highest BCUT2D eigenvalue weighted by atomic mass is 32.1. The van der Waals surface area contributed by atoms with E-state index in [1.54, 1.807) is 0 Å². The Balaban J connectivity index is 1.34. The summed E-state index contributed by atoms with van der Waals surface area (Å²) < 4.78 is 0. The molecule has 0 unspecified atom stereocenters. The van der Waals surface area contributed by atoms with Gasteiger partial charge in [-0.2, -0.15) is 0 Å². The van der Waals surface area contributed by atoms with Crippen molar-refractivity contribution >= 4 is 34.5 Å². The van der Waals surface area contributed by atoms with Crippen molar-refractivity contribution in [2.45, 2.75) is 38.8 Å². The quantitative estimate of drug-likeness (QED) is 0.523. The molecule has 1 saturated heterocycles. The van der Waals surface area contributed by atoms with Gasteiger partial charge in [0, 0.05) is 37.6 Å². The standard InChI is InChI=1S/C27H31N3O2S2/c1-19-7-3-4-8-21(19)25-22-11-18-34-23(22)10-14-30(25)20(2)26(31)28-12-6-13-29(16-15-28)27(32)24-9-5-17-33-24/h3-5,7-9,11,17-18,20,25H,6,10,12-16H2,1-2H3/t20-,25-/m1/s1. The van der Waals surface area contributed by atoms with E-state index in [2.05, 4.69) is 54.5 Å². The Morgan fingerprint density at radius 3 is 2.47 bits per heavy atom. The van der Waals surface area contributed by atoms with Crippen LogP contribution in [0, 0.1) is 6.92 Å². The predicted molar refractivity (Wildman–Crippen MR) is 139 cm³/mol. The van der Waals surface area contributed by atoms with E-state index in [-0.39, 0.29) is 23.9 Å². The zero-order valence-corrected chi connectivity index (χ0v) is 21.4. The third kappa shape index (κ3) is 4.44. The minimum atomic E-state index is -0.225. The number of benzene rings is 1. The molecule has 0 spiro atoms. The minimum Gasteiger partial charge on any atom is -0.340 e. The van der Waals surface area contributed by atoms with Gasteiger partial charge in [0.1, 0.15) is 0 Å². The molecule has 0 radical (unpaired) electrons. The Kier molecular flexibility index (Phi) is 6.86. The fourth-order valence-corrected chi connectivity index (χ4v) is 6.89. The lowest BCUT2D eigenvalue weighted by atomic mass is 9.89. The molecule has 1 aromatic carbocycles. The van der Waals surface area contributed by atoms with Gasteiger partial charge in [0.15, 0.2) is 0 Å². The predicted octanol–water partition coefficient (Wildman–Crippen LogP) is 4.83. The maximum atomic E-state index is 13.8. The van der Waals surface area contributed by atoms with Crippen molar-refractivity contribution in [3.63, 3.8) is 0 Å². The van der Waals surface area contributed by atoms with Crippen LogP contribution in [0.25, 0.3) is 0 Å². The van der Waals surface area contributed by atoms with E-state index in [1.165, 1.54) is 32.9 Å². The Morgan fingerprint density at radius 2 is 1.68 bits per heavy atom. The Bertz CT molecular complexity index is 1160. The van der Waals surface area contributed by atoms with Crippen LogP contribution in [0.1, 0.15) is 50.6 Å². The van der Waals surface area contributed by atoms with Crippen molar-refractivity contribution < 1.29 is 9.59 Å². The first kappa shape index (κ1) is 23.3. The summed E-state index contributed by atoms with van der Waals surface area (Å²) in [4.78, 5) is 35.0. The lowest BCUT2D eigenvalue weighted by Crippen LogP contribution is -2.51. The van der Waals surface area contributed by atoms with Gasteiger partial charge in [-0.05, 0) is 66.3 Å². The van der Waals surface area contributed by atoms with Gasteiger partial charge in [-0.15, -0.1) is 22.7 Å². The van der Waals surface area contributed by atoms with E-state index >= 15 is 0 Å². The first-order chi connectivity index (χ1) is 16.5. The van der Waals surface area contributed by atoms with Crippen LogP contribution in [0.4, 0.5) is 0 Å². The molecule has 3 aromatic rings. The smallest absolute Gasteiger partial charge is 0.263 e. The summed E-state index contributed by atoms with van der Waals surface area (Å²) in [6.45, 7) is 7.67. The number of fused-ring (bicyclic) bond motifs is 1. The molecule has 0 N–H and O–H groups in total. The lowest BCUT2D eigenvalue weighted by molar-refractivity contribution is -0.137. The molecule has 5 nitrogen and oxygen atoms in total. The maximum absolute atomic E-state index is 13.8. The monoisotopic (exact) mass is 493 g/mol. The van der Waals surface area contributed by atoms with Crippen molar-refractivity contribution in [2.75, 3.05) is 32.7 Å². The van der Waals surface area contributed by atoms with Gasteiger partial charge in [0.05, 0.1) is 17.0 Å². The summed E-state index contributed by atoms with van der Waals surface area (Å²) in [5.41, 5.74) is 3.88. The van der Waals surface area contributed by atoms with Gasteiger partial charge >= 0.3 is 0 Å². The number of carbonyl (C=O) groups is 2. The number of carbonyl (C=O) groups excluding carboxylic acids is 2. The Hall–Kier alpha value is -2.48. The number of thiophene rings is 2. The largest absolute Gasteiger partial charge is 0.340 e. The summed E-state index contributed by atoms with van der Waals surface area (Å²) in [5, 5.41) is 4.12. The molecule has 2 aliphatic rings. The summed E-state index contributed by atoms with van der Waals surface area (Å²) in [5.74, 6) is 0.251. The summed E-state index contributed by atoms with van der Waals surface area (Å²) >= 11 is 3.30. The van der Waals surface area contributed by atoms with Crippen LogP contribution in [0.5, 0.6) is 0 Å². The van der Waals surface area contributed by atoms with E-state index in [0.717, 1.165) is 24.3 Å². The summed E-state index contributed by atoms with van der Waals surface area (Å²) in [6.07, 6.45) is 1.79. The van der Waals surface area contributed by atoms with Crippen molar-refractivity contribution in [1.29, 1.82) is 0 Å². The molecule has 34 heavy (non-hydrogen) atoms. The van der Waals surface area contributed by atoms with Gasteiger partial charge < -0.3 is 9.80 Å². The molecule has 2 aliphatic heterocycles. The van der Waals surface area contributed by atoms with Crippen molar-refractivity contribution in [3.8, 4) is 0 Å². The molecule has 2 amide bonds. The first-order valence-electron chi connectivity index (χ1n) is 12.0. The van der Waals surface area contributed by atoms with E-state index < -0.39 is 0 Å². The molecule has 2 atom stereocenters. The Labute approximate surface area is 209 Å². The maximum Gasteiger partial charge on any atom is 0.263 e. The number of aryl methyl sites for hydroxylation is 1. The van der Waals surface area contributed by atoms with E-state index in [4.69, 9.17) is 0 Å². The Morgan fingerprint density at radius 1 is 0.882 bits per heavy atom. The van der Waals surface area contributed by atoms with Crippen LogP contribution in [-0.2, 0) is 11.2 Å². The number of amides is 2. The average molecular weight is 494 g/mol. The van der Waals surface area contributed by atoms with Crippen LogP contribution in [0.2, 0.25) is 0 Å². The van der Waals surface area contributed by atoms with Crippen LogP contribution >= 0.6 is 22.7 Å². The second-order valence-electron chi connectivity index (χ2n) is 9.17. The van der Waals surface area contributed by atoms with Gasteiger partial charge in [0.2, 0.25) is 5.91 Å². The average Bonchev–Trinajstić information content (AvgIpc) is 3.50. The lowest BCUT2D eigenvalue weighted by Gasteiger charge is -2.41. The molecule has 5 rings (SSSR count). The van der Waals surface area contributed by atoms with E-state index in [1.807, 2.05) is 38.6 Å². The van der Waals surface area contributed by atoms with Crippen LogP contribution in [-0.4, -0.2) is 65.3 Å². The molecular weight excluding hydrogens is 462 g/mol. The molecule has 0 saturated carbocycles. The highest BCUT2D eigenvalue weighted by Gasteiger charge is 2.37.